The van der Waals surface area contributed by atoms with Gasteiger partial charge in [0.2, 0.25) is 5.91 Å². The summed E-state index contributed by atoms with van der Waals surface area (Å²) in [5.41, 5.74) is 0.783. The van der Waals surface area contributed by atoms with Crippen LogP contribution in [0.15, 0.2) is 28.7 Å². The van der Waals surface area contributed by atoms with Crippen LogP contribution in [0, 0.1) is 12.8 Å². The molecule has 3 aliphatic heterocycles. The first kappa shape index (κ1) is 16.8. The average Bonchev–Trinajstić information content (AvgIpc) is 3.33. The molecule has 2 aromatic rings. The van der Waals surface area contributed by atoms with Crippen molar-refractivity contribution in [1.82, 2.24) is 9.80 Å². The fourth-order valence-corrected chi connectivity index (χ4v) is 5.09. The summed E-state index contributed by atoms with van der Waals surface area (Å²) in [6.07, 6.45) is 1.04. The van der Waals surface area contributed by atoms with Gasteiger partial charge >= 0.3 is 0 Å². The third-order valence-corrected chi connectivity index (χ3v) is 6.40. The lowest BCUT2D eigenvalue weighted by molar-refractivity contribution is -0.139. The van der Waals surface area contributed by atoms with E-state index in [9.17, 15) is 9.59 Å². The molecule has 5 rings (SSSR count). The van der Waals surface area contributed by atoms with Gasteiger partial charge in [0.25, 0.3) is 5.91 Å². The second-order valence-electron chi connectivity index (χ2n) is 8.31. The average molecular weight is 368 g/mol. The summed E-state index contributed by atoms with van der Waals surface area (Å²) in [6.45, 7) is 7.30. The first-order valence-corrected chi connectivity index (χ1v) is 9.68. The van der Waals surface area contributed by atoms with Gasteiger partial charge in [-0.15, -0.1) is 0 Å². The van der Waals surface area contributed by atoms with Gasteiger partial charge in [0, 0.05) is 23.9 Å². The maximum atomic E-state index is 13.3. The van der Waals surface area contributed by atoms with Gasteiger partial charge in [0.15, 0.2) is 5.72 Å². The molecule has 0 radical (unpaired) electrons. The number of nitrogens with zero attached hydrogens (tertiary/aromatic N) is 2. The Bertz CT molecular complexity index is 949. The Kier molecular flexibility index (Phi) is 3.47. The van der Waals surface area contributed by atoms with E-state index >= 15 is 0 Å². The first-order chi connectivity index (χ1) is 12.9. The van der Waals surface area contributed by atoms with Gasteiger partial charge in [-0.2, -0.15) is 0 Å². The molecule has 6 heteroatoms. The minimum atomic E-state index is -0.627. The van der Waals surface area contributed by atoms with Crippen LogP contribution >= 0.6 is 0 Å². The van der Waals surface area contributed by atoms with Crippen LogP contribution in [-0.2, 0) is 9.53 Å². The predicted molar refractivity (Wildman–Crippen MR) is 99.2 cm³/mol. The van der Waals surface area contributed by atoms with Crippen molar-refractivity contribution in [3.8, 4) is 0 Å². The molecular weight excluding hydrogens is 344 g/mol. The molecule has 0 bridgehead atoms. The lowest BCUT2D eigenvalue weighted by Gasteiger charge is -2.34. The van der Waals surface area contributed by atoms with Crippen LogP contribution in [0.2, 0.25) is 0 Å². The van der Waals surface area contributed by atoms with Gasteiger partial charge in [-0.1, -0.05) is 13.8 Å². The predicted octanol–water partition coefficient (Wildman–Crippen LogP) is 2.94. The Balaban J connectivity index is 1.47. The van der Waals surface area contributed by atoms with Crippen LogP contribution in [0.25, 0.3) is 11.0 Å². The highest BCUT2D eigenvalue weighted by Gasteiger charge is 2.65. The molecule has 3 atom stereocenters. The van der Waals surface area contributed by atoms with E-state index < -0.39 is 5.72 Å². The monoisotopic (exact) mass is 368 g/mol. The number of amides is 2. The van der Waals surface area contributed by atoms with E-state index in [0.29, 0.717) is 37.5 Å². The Morgan fingerprint density at radius 1 is 1.30 bits per heavy atom. The molecule has 0 N–H and O–H groups in total. The van der Waals surface area contributed by atoms with Crippen molar-refractivity contribution in [3.63, 3.8) is 0 Å². The van der Waals surface area contributed by atoms with Gasteiger partial charge in [-0.05, 0) is 37.1 Å². The van der Waals surface area contributed by atoms with Crippen molar-refractivity contribution in [2.45, 2.75) is 51.4 Å². The fraction of sp³-hybridized carbons (Fsp3) is 0.524. The highest BCUT2D eigenvalue weighted by molar-refractivity contribution is 5.99. The van der Waals surface area contributed by atoms with E-state index in [1.54, 1.807) is 6.07 Å². The Labute approximate surface area is 158 Å². The van der Waals surface area contributed by atoms with E-state index in [0.717, 1.165) is 16.7 Å². The number of carbonyl (C=O) groups is 2. The third-order valence-electron chi connectivity index (χ3n) is 6.40. The molecule has 0 unspecified atom stereocenters. The molecule has 142 valence electrons. The Hall–Kier alpha value is -2.34. The second kappa shape index (κ2) is 5.58. The van der Waals surface area contributed by atoms with Crippen LogP contribution in [0.1, 0.15) is 42.8 Å². The SMILES string of the molecule is Cc1cc2cc(C(=O)N3CC[C@@]45OC[C@@H](C(C)C)N4C(=O)C[C@@H]35)ccc2o1. The molecular formula is C21H24N2O4. The molecule has 3 saturated heterocycles. The minimum Gasteiger partial charge on any atom is -0.461 e. The molecule has 3 fully saturated rings. The van der Waals surface area contributed by atoms with Gasteiger partial charge in [-0.25, -0.2) is 0 Å². The molecule has 4 heterocycles. The summed E-state index contributed by atoms with van der Waals surface area (Å²) in [4.78, 5) is 29.8. The second-order valence-corrected chi connectivity index (χ2v) is 8.31. The standard InChI is InChI=1S/C21H24N2O4/c1-12(2)16-11-26-21-6-7-22(18(21)10-19(24)23(16)21)20(25)14-4-5-17-15(9-14)8-13(3)27-17/h4-5,8-9,12,16,18H,6-7,10-11H2,1-3H3/t16-,18+,21-/m0/s1. The van der Waals surface area contributed by atoms with Crippen molar-refractivity contribution in [1.29, 1.82) is 0 Å². The normalized spacial score (nSPS) is 29.9. The molecule has 0 aliphatic carbocycles. The van der Waals surface area contributed by atoms with Crippen molar-refractivity contribution in [2.24, 2.45) is 5.92 Å². The highest BCUT2D eigenvalue weighted by Crippen LogP contribution is 2.49. The number of hydrogen-bond acceptors (Lipinski definition) is 4. The minimum absolute atomic E-state index is 0.0381. The molecule has 1 aromatic heterocycles. The number of fused-ring (bicyclic) bond motifs is 1. The molecule has 0 saturated carbocycles. The molecule has 3 aliphatic rings. The largest absolute Gasteiger partial charge is 0.461 e. The van der Waals surface area contributed by atoms with Crippen LogP contribution in [0.4, 0.5) is 0 Å². The highest BCUT2D eigenvalue weighted by atomic mass is 16.5. The molecule has 1 aromatic carbocycles. The number of benzene rings is 1. The van der Waals surface area contributed by atoms with Crippen LogP contribution in [-0.4, -0.2) is 52.6 Å². The number of carbonyl (C=O) groups excluding carboxylic acids is 2. The van der Waals surface area contributed by atoms with E-state index in [1.807, 2.05) is 34.9 Å². The number of hydrogen-bond donors (Lipinski definition) is 0. The van der Waals surface area contributed by atoms with Crippen molar-refractivity contribution in [3.05, 3.63) is 35.6 Å². The molecule has 2 amide bonds. The quantitative estimate of drug-likeness (QED) is 0.818. The van der Waals surface area contributed by atoms with Gasteiger partial charge in [-0.3, -0.25) is 9.59 Å². The number of rotatable bonds is 2. The van der Waals surface area contributed by atoms with E-state index in [2.05, 4.69) is 13.8 Å². The van der Waals surface area contributed by atoms with Crippen LogP contribution in [0.3, 0.4) is 0 Å². The zero-order valence-corrected chi connectivity index (χ0v) is 15.9. The number of ether oxygens (including phenoxy) is 1. The third kappa shape index (κ3) is 2.22. The molecule has 1 spiro atoms. The summed E-state index contributed by atoms with van der Waals surface area (Å²) >= 11 is 0. The first-order valence-electron chi connectivity index (χ1n) is 9.68. The number of furan rings is 1. The lowest BCUT2D eigenvalue weighted by Crippen LogP contribution is -2.51. The smallest absolute Gasteiger partial charge is 0.254 e. The topological polar surface area (TPSA) is 63.0 Å². The van der Waals surface area contributed by atoms with Crippen molar-refractivity contribution in [2.75, 3.05) is 13.2 Å². The van der Waals surface area contributed by atoms with Gasteiger partial charge in [0.05, 0.1) is 25.1 Å². The lowest BCUT2D eigenvalue weighted by atomic mass is 10.0. The summed E-state index contributed by atoms with van der Waals surface area (Å²) in [6, 6.07) is 7.35. The maximum Gasteiger partial charge on any atom is 0.254 e. The number of aryl methyl sites for hydroxylation is 1. The Morgan fingerprint density at radius 3 is 2.89 bits per heavy atom. The molecule has 27 heavy (non-hydrogen) atoms. The maximum absolute atomic E-state index is 13.3. The van der Waals surface area contributed by atoms with Crippen molar-refractivity contribution >= 4 is 22.8 Å². The van der Waals surface area contributed by atoms with Crippen LogP contribution in [0.5, 0.6) is 0 Å². The van der Waals surface area contributed by atoms with Crippen molar-refractivity contribution < 1.29 is 18.7 Å². The van der Waals surface area contributed by atoms with Gasteiger partial charge in [0.1, 0.15) is 11.3 Å². The Morgan fingerprint density at radius 2 is 2.11 bits per heavy atom. The summed E-state index contributed by atoms with van der Waals surface area (Å²) in [5.74, 6) is 1.23. The number of likely N-dealkylation sites (tertiary alicyclic amines) is 1. The van der Waals surface area contributed by atoms with Gasteiger partial charge < -0.3 is 19.0 Å². The van der Waals surface area contributed by atoms with E-state index in [-0.39, 0.29) is 23.9 Å². The summed E-state index contributed by atoms with van der Waals surface area (Å²) < 4.78 is 11.8. The fourth-order valence-electron chi connectivity index (χ4n) is 5.09. The molecule has 6 nitrogen and oxygen atoms in total. The summed E-state index contributed by atoms with van der Waals surface area (Å²) in [7, 11) is 0. The van der Waals surface area contributed by atoms with Crippen LogP contribution < -0.4 is 0 Å². The van der Waals surface area contributed by atoms with E-state index in [4.69, 9.17) is 9.15 Å². The zero-order chi connectivity index (χ0) is 18.9. The zero-order valence-electron chi connectivity index (χ0n) is 15.9. The summed E-state index contributed by atoms with van der Waals surface area (Å²) in [5, 5.41) is 0.924. The van der Waals surface area contributed by atoms with E-state index in [1.165, 1.54) is 0 Å².